The van der Waals surface area contributed by atoms with E-state index in [4.69, 9.17) is 4.52 Å². The summed E-state index contributed by atoms with van der Waals surface area (Å²) in [5.74, 6) is 2.58. The number of rotatable bonds is 2. The van der Waals surface area contributed by atoms with Gasteiger partial charge in [0.1, 0.15) is 5.76 Å². The Balaban J connectivity index is 1.82. The van der Waals surface area contributed by atoms with Crippen molar-refractivity contribution in [3.8, 4) is 0 Å². The van der Waals surface area contributed by atoms with Gasteiger partial charge in [-0.1, -0.05) is 5.16 Å². The highest BCUT2D eigenvalue weighted by atomic mass is 16.5. The molecule has 14 heavy (non-hydrogen) atoms. The Morgan fingerprint density at radius 1 is 1.14 bits per heavy atom. The monoisotopic (exact) mass is 192 g/mol. The van der Waals surface area contributed by atoms with Crippen molar-refractivity contribution in [1.82, 2.24) is 10.5 Å². The van der Waals surface area contributed by atoms with E-state index in [0.29, 0.717) is 5.92 Å². The van der Waals surface area contributed by atoms with Crippen LogP contribution in [0.4, 0.5) is 0 Å². The number of nitrogens with zero attached hydrogens (tertiary/aromatic N) is 1. The number of hydrogen-bond donors (Lipinski definition) is 1. The summed E-state index contributed by atoms with van der Waals surface area (Å²) in [6.07, 6.45) is 7.01. The molecule has 2 aliphatic rings. The van der Waals surface area contributed by atoms with Crippen molar-refractivity contribution in [3.05, 3.63) is 17.5 Å². The number of hydrogen-bond acceptors (Lipinski definition) is 3. The third kappa shape index (κ3) is 1.46. The van der Waals surface area contributed by atoms with E-state index in [1.54, 1.807) is 0 Å². The van der Waals surface area contributed by atoms with Gasteiger partial charge in [0.15, 0.2) is 0 Å². The second-order valence-corrected chi connectivity index (χ2v) is 4.44. The molecule has 2 heterocycles. The molecule has 1 saturated carbocycles. The smallest absolute Gasteiger partial charge is 0.143 e. The quantitative estimate of drug-likeness (QED) is 0.779. The first-order chi connectivity index (χ1) is 6.95. The molecule has 0 bridgehead atoms. The van der Waals surface area contributed by atoms with E-state index >= 15 is 0 Å². The highest BCUT2D eigenvalue weighted by molar-refractivity contribution is 5.26. The van der Waals surface area contributed by atoms with Crippen molar-refractivity contribution < 1.29 is 4.52 Å². The molecule has 2 fully saturated rings. The molecule has 0 amide bonds. The Morgan fingerprint density at radius 2 is 1.93 bits per heavy atom. The lowest BCUT2D eigenvalue weighted by Gasteiger charge is -2.20. The first kappa shape index (κ1) is 8.48. The van der Waals surface area contributed by atoms with Gasteiger partial charge < -0.3 is 9.84 Å². The molecule has 0 unspecified atom stereocenters. The van der Waals surface area contributed by atoms with Crippen molar-refractivity contribution in [2.75, 3.05) is 13.1 Å². The van der Waals surface area contributed by atoms with Crippen LogP contribution in [0.2, 0.25) is 0 Å². The highest BCUT2D eigenvalue weighted by Crippen LogP contribution is 2.44. The lowest BCUT2D eigenvalue weighted by Crippen LogP contribution is -2.26. The summed E-state index contributed by atoms with van der Waals surface area (Å²) in [4.78, 5) is 0. The van der Waals surface area contributed by atoms with Gasteiger partial charge in [-0.3, -0.25) is 0 Å². The number of nitrogens with one attached hydrogen (secondary N) is 1. The molecule has 76 valence electrons. The molecule has 1 aromatic rings. The second-order valence-electron chi connectivity index (χ2n) is 4.44. The lowest BCUT2D eigenvalue weighted by atomic mass is 9.92. The van der Waals surface area contributed by atoms with Crippen LogP contribution in [0.25, 0.3) is 0 Å². The average molecular weight is 192 g/mol. The molecule has 3 rings (SSSR count). The fourth-order valence-corrected chi connectivity index (χ4v) is 2.35. The predicted octanol–water partition coefficient (Wildman–Crippen LogP) is 2.02. The van der Waals surface area contributed by atoms with Gasteiger partial charge in [0.05, 0.1) is 6.20 Å². The van der Waals surface area contributed by atoms with Gasteiger partial charge in [-0.05, 0) is 44.7 Å². The van der Waals surface area contributed by atoms with Crippen molar-refractivity contribution in [2.45, 2.75) is 37.5 Å². The Morgan fingerprint density at radius 3 is 2.64 bits per heavy atom. The molecule has 3 heteroatoms. The normalized spacial score (nSPS) is 24.0. The second kappa shape index (κ2) is 3.39. The first-order valence-corrected chi connectivity index (χ1v) is 5.60. The van der Waals surface area contributed by atoms with Crippen molar-refractivity contribution in [2.24, 2.45) is 0 Å². The van der Waals surface area contributed by atoms with Gasteiger partial charge in [-0.2, -0.15) is 0 Å². The van der Waals surface area contributed by atoms with Gasteiger partial charge in [0.2, 0.25) is 0 Å². The van der Waals surface area contributed by atoms with Crippen LogP contribution in [0, 0.1) is 0 Å². The van der Waals surface area contributed by atoms with Crippen LogP contribution in [0.1, 0.15) is 48.8 Å². The van der Waals surface area contributed by atoms with Crippen LogP contribution in [-0.4, -0.2) is 18.2 Å². The minimum absolute atomic E-state index is 0.620. The maximum atomic E-state index is 5.43. The molecule has 1 N–H and O–H groups in total. The van der Waals surface area contributed by atoms with E-state index in [-0.39, 0.29) is 0 Å². The molecule has 1 aliphatic heterocycles. The summed E-state index contributed by atoms with van der Waals surface area (Å²) in [6.45, 7) is 2.24. The summed E-state index contributed by atoms with van der Waals surface area (Å²) >= 11 is 0. The number of aromatic nitrogens is 1. The zero-order valence-electron chi connectivity index (χ0n) is 8.33. The van der Waals surface area contributed by atoms with E-state index in [2.05, 4.69) is 10.5 Å². The Hall–Kier alpha value is -0.830. The fraction of sp³-hybridized carbons (Fsp3) is 0.727. The van der Waals surface area contributed by atoms with Gasteiger partial charge in [0, 0.05) is 11.5 Å². The molecule has 0 radical (unpaired) electrons. The Labute approximate surface area is 83.9 Å². The molecule has 1 saturated heterocycles. The van der Waals surface area contributed by atoms with Crippen LogP contribution in [-0.2, 0) is 0 Å². The molecule has 0 spiro atoms. The predicted molar refractivity (Wildman–Crippen MR) is 53.3 cm³/mol. The third-order valence-electron chi connectivity index (χ3n) is 3.35. The van der Waals surface area contributed by atoms with E-state index in [0.717, 1.165) is 19.0 Å². The zero-order valence-corrected chi connectivity index (χ0v) is 8.33. The Kier molecular flexibility index (Phi) is 2.05. The van der Waals surface area contributed by atoms with E-state index in [9.17, 15) is 0 Å². The molecule has 1 aromatic heterocycles. The van der Waals surface area contributed by atoms with E-state index in [1.807, 2.05) is 6.20 Å². The van der Waals surface area contributed by atoms with Gasteiger partial charge >= 0.3 is 0 Å². The van der Waals surface area contributed by atoms with Crippen molar-refractivity contribution in [1.29, 1.82) is 0 Å². The highest BCUT2D eigenvalue weighted by Gasteiger charge is 2.32. The van der Waals surface area contributed by atoms with Crippen LogP contribution in [0.3, 0.4) is 0 Å². The maximum Gasteiger partial charge on any atom is 0.143 e. The summed E-state index contributed by atoms with van der Waals surface area (Å²) in [5.41, 5.74) is 1.40. The van der Waals surface area contributed by atoms with Crippen LogP contribution in [0.15, 0.2) is 10.7 Å². The molecule has 0 atom stereocenters. The summed E-state index contributed by atoms with van der Waals surface area (Å²) in [7, 11) is 0. The summed E-state index contributed by atoms with van der Waals surface area (Å²) < 4.78 is 5.43. The van der Waals surface area contributed by atoms with E-state index in [1.165, 1.54) is 37.0 Å². The Bertz CT molecular complexity index is 311. The van der Waals surface area contributed by atoms with E-state index < -0.39 is 0 Å². The largest absolute Gasteiger partial charge is 0.361 e. The first-order valence-electron chi connectivity index (χ1n) is 5.60. The zero-order chi connectivity index (χ0) is 9.38. The minimum atomic E-state index is 0.620. The van der Waals surface area contributed by atoms with Gasteiger partial charge in [0.25, 0.3) is 0 Å². The van der Waals surface area contributed by atoms with Crippen LogP contribution in [0.5, 0.6) is 0 Å². The van der Waals surface area contributed by atoms with Gasteiger partial charge in [-0.25, -0.2) is 0 Å². The lowest BCUT2D eigenvalue weighted by molar-refractivity contribution is 0.325. The SMILES string of the molecule is c1noc(C2CCNCC2)c1C1CC1. The van der Waals surface area contributed by atoms with Crippen molar-refractivity contribution in [3.63, 3.8) is 0 Å². The standard InChI is InChI=1S/C11H16N2O/c1-2-8(1)10-7-13-14-11(10)9-3-5-12-6-4-9/h7-9,12H,1-6H2. The molecule has 0 aromatic carbocycles. The summed E-state index contributed by atoms with van der Waals surface area (Å²) in [5, 5.41) is 7.34. The van der Waals surface area contributed by atoms with Crippen LogP contribution < -0.4 is 5.32 Å². The average Bonchev–Trinajstić information content (AvgIpc) is 2.98. The minimum Gasteiger partial charge on any atom is -0.361 e. The molecular weight excluding hydrogens is 176 g/mol. The molecule has 1 aliphatic carbocycles. The third-order valence-corrected chi connectivity index (χ3v) is 3.35. The maximum absolute atomic E-state index is 5.43. The van der Waals surface area contributed by atoms with Gasteiger partial charge in [-0.15, -0.1) is 0 Å². The van der Waals surface area contributed by atoms with Crippen molar-refractivity contribution >= 4 is 0 Å². The topological polar surface area (TPSA) is 38.1 Å². The fourth-order valence-electron chi connectivity index (χ4n) is 2.35. The van der Waals surface area contributed by atoms with Crippen LogP contribution >= 0.6 is 0 Å². The molecule has 3 nitrogen and oxygen atoms in total. The summed E-state index contributed by atoms with van der Waals surface area (Å²) in [6, 6.07) is 0. The number of piperidine rings is 1. The molecular formula is C11H16N2O.